The summed E-state index contributed by atoms with van der Waals surface area (Å²) in [5.74, 6) is 0. The maximum Gasteiger partial charge on any atom is 0.0900 e. The Morgan fingerprint density at radius 2 is 2.00 bits per heavy atom. The minimum atomic E-state index is -0.351. The molecule has 0 aromatic carbocycles. The van der Waals surface area contributed by atoms with Gasteiger partial charge in [-0.05, 0) is 13.8 Å². The third-order valence-electron chi connectivity index (χ3n) is 2.30. The first-order chi connectivity index (χ1) is 6.68. The minimum absolute atomic E-state index is 0.202. The van der Waals surface area contributed by atoms with Gasteiger partial charge in [-0.2, -0.15) is 0 Å². The fourth-order valence-corrected chi connectivity index (χ4v) is 1.55. The van der Waals surface area contributed by atoms with E-state index in [4.69, 9.17) is 4.74 Å². The van der Waals surface area contributed by atoms with Crippen LogP contribution in [0.2, 0.25) is 0 Å². The highest BCUT2D eigenvalue weighted by Crippen LogP contribution is 1.97. The summed E-state index contributed by atoms with van der Waals surface area (Å²) in [5, 5.41) is 12.9. The number of hydrogen-bond acceptors (Lipinski definition) is 4. The second-order valence-electron chi connectivity index (χ2n) is 4.09. The first kappa shape index (κ1) is 11.9. The number of nitrogens with one attached hydrogen (secondary N) is 1. The third kappa shape index (κ3) is 4.91. The number of aliphatic hydroxyl groups is 1. The van der Waals surface area contributed by atoms with E-state index in [-0.39, 0.29) is 12.2 Å². The molecule has 0 spiro atoms. The predicted molar refractivity (Wildman–Crippen MR) is 56.4 cm³/mol. The highest BCUT2D eigenvalue weighted by atomic mass is 16.5. The fourth-order valence-electron chi connectivity index (χ4n) is 1.55. The van der Waals surface area contributed by atoms with E-state index in [2.05, 4.69) is 10.2 Å². The number of aliphatic hydroxyl groups excluding tert-OH is 1. The molecule has 4 heteroatoms. The lowest BCUT2D eigenvalue weighted by Gasteiger charge is -2.29. The van der Waals surface area contributed by atoms with Crippen LogP contribution in [0.25, 0.3) is 0 Å². The lowest BCUT2D eigenvalue weighted by molar-refractivity contribution is -0.00967. The lowest BCUT2D eigenvalue weighted by Crippen LogP contribution is -2.47. The standard InChI is InChI=1S/C10H22N2O2/c1-9(2)14-8-10(13)7-12-5-3-11-4-6-12/h9-11,13H,3-8H2,1-2H3/t10-/m0/s1. The second kappa shape index (κ2) is 6.35. The molecule has 1 rings (SSSR count). The molecule has 1 saturated heterocycles. The van der Waals surface area contributed by atoms with Gasteiger partial charge in [0.2, 0.25) is 0 Å². The van der Waals surface area contributed by atoms with Crippen molar-refractivity contribution in [2.24, 2.45) is 0 Å². The number of ether oxygens (including phenoxy) is 1. The molecule has 1 aliphatic heterocycles. The Hall–Kier alpha value is -0.160. The molecular weight excluding hydrogens is 180 g/mol. The molecule has 0 saturated carbocycles. The average molecular weight is 202 g/mol. The van der Waals surface area contributed by atoms with E-state index in [1.165, 1.54) is 0 Å². The highest BCUT2D eigenvalue weighted by Gasteiger charge is 2.14. The van der Waals surface area contributed by atoms with Crippen molar-refractivity contribution in [2.45, 2.75) is 26.1 Å². The molecule has 0 aromatic rings. The first-order valence-corrected chi connectivity index (χ1v) is 5.41. The SMILES string of the molecule is CC(C)OC[C@@H](O)CN1CCNCC1. The molecule has 0 unspecified atom stereocenters. The zero-order valence-electron chi connectivity index (χ0n) is 9.20. The van der Waals surface area contributed by atoms with Crippen molar-refractivity contribution in [1.29, 1.82) is 0 Å². The molecule has 1 fully saturated rings. The summed E-state index contributed by atoms with van der Waals surface area (Å²) in [6.45, 7) is 9.25. The monoisotopic (exact) mass is 202 g/mol. The molecular formula is C10H22N2O2. The summed E-state index contributed by atoms with van der Waals surface area (Å²) < 4.78 is 5.35. The van der Waals surface area contributed by atoms with Crippen LogP contribution in [0.4, 0.5) is 0 Å². The molecule has 1 atom stereocenters. The van der Waals surface area contributed by atoms with Gasteiger partial charge in [0.25, 0.3) is 0 Å². The summed E-state index contributed by atoms with van der Waals surface area (Å²) in [6, 6.07) is 0. The number of β-amino-alcohol motifs (C(OH)–C–C–N with tert-alkyl or cyclic N) is 1. The molecule has 2 N–H and O–H groups in total. The van der Waals surface area contributed by atoms with E-state index in [9.17, 15) is 5.11 Å². The largest absolute Gasteiger partial charge is 0.389 e. The van der Waals surface area contributed by atoms with Gasteiger partial charge in [0.15, 0.2) is 0 Å². The average Bonchev–Trinajstić information content (AvgIpc) is 2.16. The van der Waals surface area contributed by atoms with E-state index in [0.717, 1.165) is 32.7 Å². The number of nitrogens with zero attached hydrogens (tertiary/aromatic N) is 1. The summed E-state index contributed by atoms with van der Waals surface area (Å²) in [4.78, 5) is 2.27. The maximum atomic E-state index is 9.66. The molecule has 1 aliphatic rings. The van der Waals surface area contributed by atoms with Gasteiger partial charge in [-0.15, -0.1) is 0 Å². The zero-order valence-corrected chi connectivity index (χ0v) is 9.20. The Morgan fingerprint density at radius 3 is 2.57 bits per heavy atom. The van der Waals surface area contributed by atoms with Gasteiger partial charge in [0.1, 0.15) is 0 Å². The Bertz CT molecular complexity index is 147. The molecule has 0 aliphatic carbocycles. The first-order valence-electron chi connectivity index (χ1n) is 5.41. The van der Waals surface area contributed by atoms with E-state index in [0.29, 0.717) is 6.61 Å². The van der Waals surface area contributed by atoms with Crippen LogP contribution >= 0.6 is 0 Å². The van der Waals surface area contributed by atoms with Crippen molar-refractivity contribution >= 4 is 0 Å². The number of piperazine rings is 1. The summed E-state index contributed by atoms with van der Waals surface area (Å²) in [6.07, 6.45) is -0.150. The van der Waals surface area contributed by atoms with Gasteiger partial charge >= 0.3 is 0 Å². The van der Waals surface area contributed by atoms with E-state index >= 15 is 0 Å². The van der Waals surface area contributed by atoms with Gasteiger partial charge in [-0.3, -0.25) is 4.90 Å². The van der Waals surface area contributed by atoms with Crippen LogP contribution in [-0.4, -0.2) is 61.5 Å². The molecule has 4 nitrogen and oxygen atoms in total. The number of rotatable bonds is 5. The van der Waals surface area contributed by atoms with Crippen LogP contribution in [0.5, 0.6) is 0 Å². The quantitative estimate of drug-likeness (QED) is 0.641. The van der Waals surface area contributed by atoms with Crippen LogP contribution in [0.1, 0.15) is 13.8 Å². The summed E-state index contributed by atoms with van der Waals surface area (Å²) in [7, 11) is 0. The summed E-state index contributed by atoms with van der Waals surface area (Å²) >= 11 is 0. The molecule has 14 heavy (non-hydrogen) atoms. The Kier molecular flexibility index (Phi) is 5.40. The van der Waals surface area contributed by atoms with Crippen molar-refractivity contribution in [3.05, 3.63) is 0 Å². The maximum absolute atomic E-state index is 9.66. The second-order valence-corrected chi connectivity index (χ2v) is 4.09. The van der Waals surface area contributed by atoms with Crippen LogP contribution < -0.4 is 5.32 Å². The molecule has 0 aromatic heterocycles. The normalized spacial score (nSPS) is 21.4. The lowest BCUT2D eigenvalue weighted by atomic mass is 10.3. The van der Waals surface area contributed by atoms with Crippen LogP contribution in [0, 0.1) is 0 Å². The van der Waals surface area contributed by atoms with E-state index in [1.807, 2.05) is 13.8 Å². The molecule has 84 valence electrons. The Morgan fingerprint density at radius 1 is 1.36 bits per heavy atom. The van der Waals surface area contributed by atoms with Gasteiger partial charge < -0.3 is 15.2 Å². The number of hydrogen-bond donors (Lipinski definition) is 2. The van der Waals surface area contributed by atoms with Crippen molar-refractivity contribution in [3.8, 4) is 0 Å². The van der Waals surface area contributed by atoms with Crippen LogP contribution in [0.15, 0.2) is 0 Å². The predicted octanol–water partition coefficient (Wildman–Crippen LogP) is -0.322. The van der Waals surface area contributed by atoms with Crippen molar-refractivity contribution in [3.63, 3.8) is 0 Å². The Labute approximate surface area is 86.2 Å². The van der Waals surface area contributed by atoms with Gasteiger partial charge in [0.05, 0.1) is 18.8 Å². The van der Waals surface area contributed by atoms with Gasteiger partial charge in [-0.25, -0.2) is 0 Å². The van der Waals surface area contributed by atoms with Gasteiger partial charge in [0, 0.05) is 32.7 Å². The minimum Gasteiger partial charge on any atom is -0.389 e. The fraction of sp³-hybridized carbons (Fsp3) is 1.00. The molecule has 0 radical (unpaired) electrons. The Balaban J connectivity index is 2.09. The molecule has 0 bridgehead atoms. The smallest absolute Gasteiger partial charge is 0.0900 e. The van der Waals surface area contributed by atoms with Gasteiger partial charge in [-0.1, -0.05) is 0 Å². The third-order valence-corrected chi connectivity index (χ3v) is 2.30. The van der Waals surface area contributed by atoms with Crippen molar-refractivity contribution in [2.75, 3.05) is 39.3 Å². The topological polar surface area (TPSA) is 44.7 Å². The van der Waals surface area contributed by atoms with E-state index < -0.39 is 0 Å². The molecule has 1 heterocycles. The van der Waals surface area contributed by atoms with Crippen LogP contribution in [0.3, 0.4) is 0 Å². The van der Waals surface area contributed by atoms with Crippen molar-refractivity contribution in [1.82, 2.24) is 10.2 Å². The summed E-state index contributed by atoms with van der Waals surface area (Å²) in [5.41, 5.74) is 0. The molecule has 0 amide bonds. The van der Waals surface area contributed by atoms with Crippen LogP contribution in [-0.2, 0) is 4.74 Å². The highest BCUT2D eigenvalue weighted by molar-refractivity contribution is 4.70. The zero-order chi connectivity index (χ0) is 10.4. The van der Waals surface area contributed by atoms with E-state index in [1.54, 1.807) is 0 Å². The van der Waals surface area contributed by atoms with Crippen molar-refractivity contribution < 1.29 is 9.84 Å².